The molecule has 0 radical (unpaired) electrons. The van der Waals surface area contributed by atoms with Crippen molar-refractivity contribution in [2.75, 3.05) is 13.2 Å². The number of rotatable bonds is 9. The van der Waals surface area contributed by atoms with Crippen LogP contribution in [0.15, 0.2) is 59.5 Å². The van der Waals surface area contributed by atoms with Gasteiger partial charge in [-0.15, -0.1) is 0 Å². The SMILES string of the molecule is NC(=O)Cc1ccccc1OCCCOS(=O)(=O)c1ccccc1. The molecular formula is C17H19NO5S. The van der Waals surface area contributed by atoms with E-state index in [-0.39, 0.29) is 24.5 Å². The highest BCUT2D eigenvalue weighted by atomic mass is 32.2. The van der Waals surface area contributed by atoms with E-state index in [4.69, 9.17) is 14.7 Å². The minimum Gasteiger partial charge on any atom is -0.493 e. The number of para-hydroxylation sites is 1. The summed E-state index contributed by atoms with van der Waals surface area (Å²) in [7, 11) is -3.75. The van der Waals surface area contributed by atoms with Crippen LogP contribution in [-0.2, 0) is 25.5 Å². The van der Waals surface area contributed by atoms with Gasteiger partial charge in [0.05, 0.1) is 24.5 Å². The number of ether oxygens (including phenoxy) is 1. The molecule has 7 heteroatoms. The fraction of sp³-hybridized carbons (Fsp3) is 0.235. The Morgan fingerprint density at radius 3 is 2.33 bits per heavy atom. The van der Waals surface area contributed by atoms with Gasteiger partial charge in [-0.3, -0.25) is 8.98 Å². The van der Waals surface area contributed by atoms with Gasteiger partial charge in [0.25, 0.3) is 10.1 Å². The van der Waals surface area contributed by atoms with Crippen LogP contribution in [0.4, 0.5) is 0 Å². The third-order valence-corrected chi connectivity index (χ3v) is 4.48. The van der Waals surface area contributed by atoms with Crippen LogP contribution in [0.5, 0.6) is 5.75 Å². The molecule has 0 fully saturated rings. The second-order valence-electron chi connectivity index (χ2n) is 5.04. The van der Waals surface area contributed by atoms with Crippen LogP contribution < -0.4 is 10.5 Å². The highest BCUT2D eigenvalue weighted by Crippen LogP contribution is 2.18. The molecule has 0 spiro atoms. The van der Waals surface area contributed by atoms with Gasteiger partial charge in [-0.1, -0.05) is 36.4 Å². The molecule has 0 aliphatic heterocycles. The van der Waals surface area contributed by atoms with Gasteiger partial charge in [0.2, 0.25) is 5.91 Å². The molecule has 0 aliphatic carbocycles. The Morgan fingerprint density at radius 2 is 1.62 bits per heavy atom. The number of primary amides is 1. The van der Waals surface area contributed by atoms with Crippen molar-refractivity contribution in [1.29, 1.82) is 0 Å². The van der Waals surface area contributed by atoms with Crippen LogP contribution in [0.2, 0.25) is 0 Å². The van der Waals surface area contributed by atoms with Gasteiger partial charge in [0.15, 0.2) is 0 Å². The molecule has 0 heterocycles. The molecule has 1 amide bonds. The Bertz CT molecular complexity index is 775. The number of hydrogen-bond acceptors (Lipinski definition) is 5. The zero-order chi connectivity index (χ0) is 17.4. The minimum atomic E-state index is -3.75. The number of carbonyl (C=O) groups excluding carboxylic acids is 1. The number of amides is 1. The molecule has 0 saturated heterocycles. The first-order chi connectivity index (χ1) is 11.5. The second kappa shape index (κ2) is 8.47. The molecule has 24 heavy (non-hydrogen) atoms. The van der Waals surface area contributed by atoms with Crippen LogP contribution in [0.3, 0.4) is 0 Å². The standard InChI is InChI=1S/C17H19NO5S/c18-17(19)13-14-7-4-5-10-16(14)22-11-6-12-23-24(20,21)15-8-2-1-3-9-15/h1-5,7-10H,6,11-13H2,(H2,18,19). The van der Waals surface area contributed by atoms with Crippen LogP contribution in [0.1, 0.15) is 12.0 Å². The Balaban J connectivity index is 1.81. The summed E-state index contributed by atoms with van der Waals surface area (Å²) in [5.74, 6) is 0.116. The van der Waals surface area contributed by atoms with Gasteiger partial charge in [-0.25, -0.2) is 0 Å². The summed E-state index contributed by atoms with van der Waals surface area (Å²) >= 11 is 0. The van der Waals surface area contributed by atoms with Crippen LogP contribution in [0.25, 0.3) is 0 Å². The summed E-state index contributed by atoms with van der Waals surface area (Å²) in [4.78, 5) is 11.1. The number of nitrogens with two attached hydrogens (primary N) is 1. The smallest absolute Gasteiger partial charge is 0.296 e. The average molecular weight is 349 g/mol. The molecule has 2 rings (SSSR count). The van der Waals surface area contributed by atoms with E-state index in [0.717, 1.165) is 0 Å². The van der Waals surface area contributed by atoms with E-state index in [1.54, 1.807) is 42.5 Å². The van der Waals surface area contributed by atoms with Gasteiger partial charge in [0, 0.05) is 12.0 Å². The van der Waals surface area contributed by atoms with Crippen molar-refractivity contribution in [3.05, 3.63) is 60.2 Å². The molecule has 0 atom stereocenters. The predicted molar refractivity (Wildman–Crippen MR) is 89.0 cm³/mol. The second-order valence-corrected chi connectivity index (χ2v) is 6.66. The zero-order valence-electron chi connectivity index (χ0n) is 13.1. The molecule has 6 nitrogen and oxygen atoms in total. The van der Waals surface area contributed by atoms with E-state index >= 15 is 0 Å². The molecule has 0 saturated carbocycles. The molecule has 2 aromatic carbocycles. The lowest BCUT2D eigenvalue weighted by Gasteiger charge is -2.10. The highest BCUT2D eigenvalue weighted by Gasteiger charge is 2.14. The maximum atomic E-state index is 11.9. The maximum Gasteiger partial charge on any atom is 0.296 e. The van der Waals surface area contributed by atoms with Gasteiger partial charge in [0.1, 0.15) is 5.75 Å². The molecular weight excluding hydrogens is 330 g/mol. The normalized spacial score (nSPS) is 11.2. The Kier molecular flexibility index (Phi) is 6.34. The lowest BCUT2D eigenvalue weighted by atomic mass is 10.1. The van der Waals surface area contributed by atoms with E-state index < -0.39 is 16.0 Å². The van der Waals surface area contributed by atoms with E-state index in [1.807, 2.05) is 0 Å². The molecule has 2 aromatic rings. The minimum absolute atomic E-state index is 0.00914. The fourth-order valence-electron chi connectivity index (χ4n) is 2.04. The van der Waals surface area contributed by atoms with Gasteiger partial charge < -0.3 is 10.5 Å². The van der Waals surface area contributed by atoms with E-state index in [2.05, 4.69) is 0 Å². The molecule has 0 bridgehead atoms. The third kappa shape index (κ3) is 5.36. The van der Waals surface area contributed by atoms with Crippen LogP contribution >= 0.6 is 0 Å². The van der Waals surface area contributed by atoms with E-state index in [0.29, 0.717) is 17.7 Å². The molecule has 128 valence electrons. The van der Waals surface area contributed by atoms with Crippen molar-refractivity contribution >= 4 is 16.0 Å². The zero-order valence-corrected chi connectivity index (χ0v) is 13.9. The lowest BCUT2D eigenvalue weighted by molar-refractivity contribution is -0.117. The fourth-order valence-corrected chi connectivity index (χ4v) is 3.01. The molecule has 0 aliphatic rings. The Hall–Kier alpha value is -2.38. The Labute approximate surface area is 141 Å². The highest BCUT2D eigenvalue weighted by molar-refractivity contribution is 7.86. The van der Waals surface area contributed by atoms with E-state index in [1.165, 1.54) is 12.1 Å². The summed E-state index contributed by atoms with van der Waals surface area (Å²) in [6.45, 7) is 0.273. The third-order valence-electron chi connectivity index (χ3n) is 3.15. The predicted octanol–water partition coefficient (Wildman–Crippen LogP) is 1.89. The van der Waals surface area contributed by atoms with Gasteiger partial charge >= 0.3 is 0 Å². The summed E-state index contributed by atoms with van der Waals surface area (Å²) in [6, 6.07) is 15.0. The molecule has 0 unspecified atom stereocenters. The monoisotopic (exact) mass is 349 g/mol. The molecule has 2 N–H and O–H groups in total. The van der Waals surface area contributed by atoms with E-state index in [9.17, 15) is 13.2 Å². The number of hydrogen-bond donors (Lipinski definition) is 1. The number of carbonyl (C=O) groups is 1. The van der Waals surface area contributed by atoms with Crippen molar-refractivity contribution in [3.8, 4) is 5.75 Å². The Morgan fingerprint density at radius 1 is 0.958 bits per heavy atom. The molecule has 0 aromatic heterocycles. The summed E-state index contributed by atoms with van der Waals surface area (Å²) in [5, 5.41) is 0. The largest absolute Gasteiger partial charge is 0.493 e. The maximum absolute atomic E-state index is 11.9. The first-order valence-corrected chi connectivity index (χ1v) is 8.83. The quantitative estimate of drug-likeness (QED) is 0.551. The van der Waals surface area contributed by atoms with Crippen molar-refractivity contribution in [2.24, 2.45) is 5.73 Å². The van der Waals surface area contributed by atoms with Crippen LogP contribution in [0, 0.1) is 0 Å². The number of benzene rings is 2. The van der Waals surface area contributed by atoms with Gasteiger partial charge in [-0.2, -0.15) is 8.42 Å². The topological polar surface area (TPSA) is 95.7 Å². The summed E-state index contributed by atoms with van der Waals surface area (Å²) in [5.41, 5.74) is 5.89. The first-order valence-electron chi connectivity index (χ1n) is 7.42. The van der Waals surface area contributed by atoms with Crippen molar-refractivity contribution in [1.82, 2.24) is 0 Å². The van der Waals surface area contributed by atoms with Gasteiger partial charge in [-0.05, 0) is 18.2 Å². The average Bonchev–Trinajstić information content (AvgIpc) is 2.56. The first kappa shape index (κ1) is 18.0. The van der Waals surface area contributed by atoms with Crippen molar-refractivity contribution in [2.45, 2.75) is 17.7 Å². The summed E-state index contributed by atoms with van der Waals surface area (Å²) in [6.07, 6.45) is 0.478. The lowest BCUT2D eigenvalue weighted by Crippen LogP contribution is -2.15. The van der Waals surface area contributed by atoms with Crippen molar-refractivity contribution in [3.63, 3.8) is 0 Å². The van der Waals surface area contributed by atoms with Crippen molar-refractivity contribution < 1.29 is 22.1 Å². The van der Waals surface area contributed by atoms with Crippen LogP contribution in [-0.4, -0.2) is 27.5 Å². The summed E-state index contributed by atoms with van der Waals surface area (Å²) < 4.78 is 34.4.